The minimum atomic E-state index is -1.83. The fraction of sp³-hybridized carbons (Fsp3) is 0. The third-order valence-corrected chi connectivity index (χ3v) is 12.3. The molecule has 0 aromatic heterocycles. The molecule has 0 bridgehead atoms. The van der Waals surface area contributed by atoms with E-state index in [-0.39, 0.29) is 0 Å². The second-order valence-corrected chi connectivity index (χ2v) is 15.0. The summed E-state index contributed by atoms with van der Waals surface area (Å²) in [5, 5.41) is 4.06. The number of rotatable bonds is 5. The molecule has 0 aliphatic heterocycles. The summed E-state index contributed by atoms with van der Waals surface area (Å²) in [7, 11) is 0. The number of hydrogen-bond donors (Lipinski definition) is 2. The Bertz CT molecular complexity index is 1250. The number of benzene rings is 5. The number of carbonyl (C=O) groups is 2. The van der Waals surface area contributed by atoms with Crippen molar-refractivity contribution in [2.24, 2.45) is 0 Å². The van der Waals surface area contributed by atoms with Gasteiger partial charge >= 0.3 is 122 Å². The average molecular weight is 657 g/mol. The van der Waals surface area contributed by atoms with Crippen LogP contribution in [-0.2, 0) is 25.3 Å². The Balaban J connectivity index is 0.000000178. The molecule has 39 heavy (non-hydrogen) atoms. The first kappa shape index (κ1) is 29.8. The predicted molar refractivity (Wildman–Crippen MR) is 170 cm³/mol. The monoisotopic (exact) mass is 656 g/mol. The summed E-state index contributed by atoms with van der Waals surface area (Å²) in [6.45, 7) is 0. The zero-order valence-corrected chi connectivity index (χ0v) is 25.2. The molecule has 7 heteroatoms. The SMILES string of the molecule is O=C([S-])Nc1ccccc1.O=C([S-])Nc1ccccc1.c1cc[c]([Sb]([c]2ccccc2)[c]2ccccc2)cc1. The van der Waals surface area contributed by atoms with E-state index in [1.165, 1.54) is 10.5 Å². The van der Waals surface area contributed by atoms with Gasteiger partial charge in [-0.2, -0.15) is 0 Å². The summed E-state index contributed by atoms with van der Waals surface area (Å²) in [5.74, 6) is 0. The van der Waals surface area contributed by atoms with E-state index in [4.69, 9.17) is 0 Å². The van der Waals surface area contributed by atoms with E-state index in [2.05, 4.69) is 127 Å². The Morgan fingerprint density at radius 1 is 0.410 bits per heavy atom. The van der Waals surface area contributed by atoms with Crippen molar-refractivity contribution in [3.8, 4) is 0 Å². The van der Waals surface area contributed by atoms with Gasteiger partial charge in [-0.05, 0) is 24.3 Å². The number of carbonyl (C=O) groups excluding carboxylic acids is 2. The fourth-order valence-corrected chi connectivity index (χ4v) is 10.3. The zero-order valence-electron chi connectivity index (χ0n) is 21.0. The first-order valence-electron chi connectivity index (χ1n) is 12.0. The first-order chi connectivity index (χ1) is 19.0. The van der Waals surface area contributed by atoms with E-state index < -0.39 is 30.7 Å². The summed E-state index contributed by atoms with van der Waals surface area (Å²) in [6.07, 6.45) is 0. The quantitative estimate of drug-likeness (QED) is 0.187. The molecule has 0 radical (unpaired) electrons. The van der Waals surface area contributed by atoms with Crippen molar-refractivity contribution in [2.45, 2.75) is 0 Å². The van der Waals surface area contributed by atoms with Crippen LogP contribution in [0.25, 0.3) is 0 Å². The molecule has 0 atom stereocenters. The van der Waals surface area contributed by atoms with Crippen molar-refractivity contribution in [3.63, 3.8) is 0 Å². The van der Waals surface area contributed by atoms with Gasteiger partial charge in [-0.3, -0.25) is 0 Å². The van der Waals surface area contributed by atoms with Gasteiger partial charge in [0.25, 0.3) is 0 Å². The molecule has 0 aliphatic carbocycles. The van der Waals surface area contributed by atoms with Gasteiger partial charge in [-0.15, -0.1) is 0 Å². The molecule has 2 amide bonds. The predicted octanol–water partition coefficient (Wildman–Crippen LogP) is 5.73. The van der Waals surface area contributed by atoms with Gasteiger partial charge in [0.05, 0.1) is 0 Å². The van der Waals surface area contributed by atoms with E-state index in [1.807, 2.05) is 36.4 Å². The van der Waals surface area contributed by atoms with E-state index in [9.17, 15) is 9.59 Å². The van der Waals surface area contributed by atoms with Crippen molar-refractivity contribution in [3.05, 3.63) is 152 Å². The molecule has 0 fully saturated rings. The first-order valence-corrected chi connectivity index (χ1v) is 16.7. The van der Waals surface area contributed by atoms with Gasteiger partial charge in [0.2, 0.25) is 0 Å². The van der Waals surface area contributed by atoms with Gasteiger partial charge in [0, 0.05) is 11.4 Å². The molecule has 0 saturated carbocycles. The summed E-state index contributed by atoms with van der Waals surface area (Å²) in [5.41, 5.74) is 1.48. The molecular formula is C32H27N2O2S2Sb-2. The molecule has 196 valence electrons. The van der Waals surface area contributed by atoms with Crippen molar-refractivity contribution in [1.82, 2.24) is 0 Å². The Morgan fingerprint density at radius 2 is 0.641 bits per heavy atom. The van der Waals surface area contributed by atoms with Crippen LogP contribution in [0.4, 0.5) is 21.0 Å². The summed E-state index contributed by atoms with van der Waals surface area (Å²) < 4.78 is 4.55. The van der Waals surface area contributed by atoms with Crippen LogP contribution >= 0.6 is 0 Å². The second kappa shape index (κ2) is 17.0. The van der Waals surface area contributed by atoms with Gasteiger partial charge in [-0.1, -0.05) is 36.4 Å². The molecule has 0 unspecified atom stereocenters. The van der Waals surface area contributed by atoms with Crippen LogP contribution in [-0.4, -0.2) is 30.7 Å². The molecule has 2 N–H and O–H groups in total. The van der Waals surface area contributed by atoms with E-state index in [0.717, 1.165) is 11.4 Å². The average Bonchev–Trinajstić information content (AvgIpc) is 2.96. The zero-order chi connectivity index (χ0) is 27.7. The molecule has 5 aromatic carbocycles. The standard InChI is InChI=1S/2C7H7NOS.3C6H5.Sb/c2*9-7(10)8-6-4-2-1-3-5-6;3*1-2-4-6-5-3-1;/h2*1-5H,(H2,8,9,10);3*1-5H;/p-2. The number of para-hydroxylation sites is 2. The molecule has 5 aromatic rings. The van der Waals surface area contributed by atoms with Crippen molar-refractivity contribution >= 4 is 77.9 Å². The third-order valence-electron chi connectivity index (χ3n) is 5.08. The molecule has 0 heterocycles. The van der Waals surface area contributed by atoms with Gasteiger partial charge in [0.15, 0.2) is 0 Å². The Hall–Kier alpha value is -3.70. The van der Waals surface area contributed by atoms with E-state index in [1.54, 1.807) is 24.3 Å². The molecule has 4 nitrogen and oxygen atoms in total. The normalized spacial score (nSPS) is 9.67. The number of nitrogens with one attached hydrogen (secondary N) is 2. The molecule has 0 spiro atoms. The van der Waals surface area contributed by atoms with E-state index >= 15 is 0 Å². The number of hydrogen-bond acceptors (Lipinski definition) is 4. The summed E-state index contributed by atoms with van der Waals surface area (Å²) in [6, 6.07) is 51.1. The van der Waals surface area contributed by atoms with Crippen LogP contribution in [0.2, 0.25) is 0 Å². The number of amides is 2. The van der Waals surface area contributed by atoms with Gasteiger partial charge in [-0.25, -0.2) is 0 Å². The van der Waals surface area contributed by atoms with Crippen LogP contribution in [0.3, 0.4) is 0 Å². The molecular weight excluding hydrogens is 630 g/mol. The topological polar surface area (TPSA) is 58.2 Å². The Kier molecular flexibility index (Phi) is 13.0. The Labute approximate surface area is 248 Å². The van der Waals surface area contributed by atoms with Crippen LogP contribution < -0.4 is 21.2 Å². The fourth-order valence-electron chi connectivity index (χ4n) is 3.46. The summed E-state index contributed by atoms with van der Waals surface area (Å²) >= 11 is 6.80. The molecule has 0 saturated heterocycles. The molecule has 5 rings (SSSR count). The maximum absolute atomic E-state index is 10.3. The van der Waals surface area contributed by atoms with Gasteiger partial charge in [0.1, 0.15) is 10.5 Å². The van der Waals surface area contributed by atoms with Crippen LogP contribution in [0.1, 0.15) is 0 Å². The minimum absolute atomic E-state index is 0.453. The van der Waals surface area contributed by atoms with Crippen molar-refractivity contribution in [1.29, 1.82) is 0 Å². The van der Waals surface area contributed by atoms with Gasteiger partial charge < -0.3 is 45.5 Å². The second-order valence-electron chi connectivity index (χ2n) is 7.90. The maximum atomic E-state index is 10.3. The third kappa shape index (κ3) is 11.3. The van der Waals surface area contributed by atoms with Crippen LogP contribution in [0, 0.1) is 0 Å². The van der Waals surface area contributed by atoms with Crippen molar-refractivity contribution in [2.75, 3.05) is 10.6 Å². The van der Waals surface area contributed by atoms with E-state index in [0.29, 0.717) is 0 Å². The van der Waals surface area contributed by atoms with Crippen molar-refractivity contribution < 1.29 is 9.59 Å². The number of anilines is 2. The van der Waals surface area contributed by atoms with Crippen LogP contribution in [0.15, 0.2) is 152 Å². The van der Waals surface area contributed by atoms with Crippen LogP contribution in [0.5, 0.6) is 0 Å². The molecule has 0 aliphatic rings. The summed E-state index contributed by atoms with van der Waals surface area (Å²) in [4.78, 5) is 20.6. The Morgan fingerprint density at radius 3 is 0.872 bits per heavy atom.